The molecular weight excluding hydrogens is 286 g/mol. The van der Waals surface area contributed by atoms with Gasteiger partial charge in [-0.15, -0.1) is 10.2 Å². The van der Waals surface area contributed by atoms with Crippen LogP contribution in [0.15, 0.2) is 34.1 Å². The number of rotatable bonds is 5. The SMILES string of the molecule is CCCNC1c2ccccc2CCC1Sc1nncs1. The molecule has 0 saturated heterocycles. The molecule has 0 radical (unpaired) electrons. The van der Waals surface area contributed by atoms with E-state index in [1.807, 2.05) is 17.3 Å². The molecular formula is C15H19N3S2. The number of hydrogen-bond donors (Lipinski definition) is 1. The molecule has 3 rings (SSSR count). The third kappa shape index (κ3) is 3.05. The lowest BCUT2D eigenvalue weighted by Gasteiger charge is -2.33. The largest absolute Gasteiger partial charge is 0.309 e. The second kappa shape index (κ2) is 6.70. The normalized spacial score (nSPS) is 21.6. The quantitative estimate of drug-likeness (QED) is 0.914. The van der Waals surface area contributed by atoms with E-state index in [0.717, 1.165) is 23.7 Å². The molecule has 1 aromatic heterocycles. The Morgan fingerprint density at radius 2 is 2.30 bits per heavy atom. The van der Waals surface area contributed by atoms with Crippen LogP contribution in [0.4, 0.5) is 0 Å². The summed E-state index contributed by atoms with van der Waals surface area (Å²) in [7, 11) is 0. The minimum atomic E-state index is 0.425. The fourth-order valence-corrected chi connectivity index (χ4v) is 4.71. The molecule has 5 heteroatoms. The second-order valence-electron chi connectivity index (χ2n) is 5.03. The van der Waals surface area contributed by atoms with Gasteiger partial charge in [0.15, 0.2) is 4.34 Å². The van der Waals surface area contributed by atoms with Gasteiger partial charge in [-0.1, -0.05) is 54.3 Å². The summed E-state index contributed by atoms with van der Waals surface area (Å²) >= 11 is 3.51. The zero-order chi connectivity index (χ0) is 13.8. The summed E-state index contributed by atoms with van der Waals surface area (Å²) < 4.78 is 1.08. The van der Waals surface area contributed by atoms with Crippen LogP contribution in [0.5, 0.6) is 0 Å². The van der Waals surface area contributed by atoms with Crippen molar-refractivity contribution < 1.29 is 0 Å². The Balaban J connectivity index is 1.82. The molecule has 2 aromatic rings. The van der Waals surface area contributed by atoms with Gasteiger partial charge in [0.05, 0.1) is 0 Å². The molecule has 2 atom stereocenters. The van der Waals surface area contributed by atoms with Gasteiger partial charge in [-0.25, -0.2) is 0 Å². The van der Waals surface area contributed by atoms with Gasteiger partial charge in [-0.05, 0) is 36.9 Å². The Morgan fingerprint density at radius 3 is 3.10 bits per heavy atom. The monoisotopic (exact) mass is 305 g/mol. The Bertz CT molecular complexity index is 542. The van der Waals surface area contributed by atoms with Crippen molar-refractivity contribution in [2.45, 2.75) is 41.8 Å². The third-order valence-electron chi connectivity index (χ3n) is 3.67. The van der Waals surface area contributed by atoms with Crippen molar-refractivity contribution >= 4 is 23.1 Å². The highest BCUT2D eigenvalue weighted by Crippen LogP contribution is 2.40. The molecule has 1 aliphatic rings. The fraction of sp³-hybridized carbons (Fsp3) is 0.467. The Morgan fingerprint density at radius 1 is 1.40 bits per heavy atom. The first-order chi connectivity index (χ1) is 9.88. The van der Waals surface area contributed by atoms with E-state index in [2.05, 4.69) is 46.7 Å². The number of nitrogens with one attached hydrogen (secondary N) is 1. The fourth-order valence-electron chi connectivity index (χ4n) is 2.74. The molecule has 20 heavy (non-hydrogen) atoms. The molecule has 0 bridgehead atoms. The average Bonchev–Trinajstić information content (AvgIpc) is 2.99. The maximum atomic E-state index is 4.18. The van der Waals surface area contributed by atoms with Crippen LogP contribution in [0, 0.1) is 0 Å². The van der Waals surface area contributed by atoms with E-state index in [1.165, 1.54) is 17.5 Å². The van der Waals surface area contributed by atoms with Gasteiger partial charge in [0.1, 0.15) is 5.51 Å². The van der Waals surface area contributed by atoms with E-state index in [-0.39, 0.29) is 0 Å². The van der Waals surface area contributed by atoms with Crippen LogP contribution in [0.25, 0.3) is 0 Å². The zero-order valence-electron chi connectivity index (χ0n) is 11.6. The molecule has 1 aliphatic carbocycles. The van der Waals surface area contributed by atoms with Crippen molar-refractivity contribution in [1.29, 1.82) is 0 Å². The van der Waals surface area contributed by atoms with Crippen molar-refractivity contribution in [1.82, 2.24) is 15.5 Å². The molecule has 0 spiro atoms. The molecule has 0 saturated carbocycles. The van der Waals surface area contributed by atoms with Gasteiger partial charge in [0.2, 0.25) is 0 Å². The topological polar surface area (TPSA) is 37.8 Å². The summed E-state index contributed by atoms with van der Waals surface area (Å²) in [5, 5.41) is 12.4. The van der Waals surface area contributed by atoms with Crippen LogP contribution in [0.1, 0.15) is 36.9 Å². The van der Waals surface area contributed by atoms with E-state index < -0.39 is 0 Å². The Kier molecular flexibility index (Phi) is 4.70. The van der Waals surface area contributed by atoms with Gasteiger partial charge < -0.3 is 5.32 Å². The summed E-state index contributed by atoms with van der Waals surface area (Å²) in [6.07, 6.45) is 3.52. The van der Waals surface area contributed by atoms with Crippen molar-refractivity contribution in [3.8, 4) is 0 Å². The predicted octanol–water partition coefficient (Wildman–Crippen LogP) is 3.69. The first-order valence-electron chi connectivity index (χ1n) is 7.12. The highest BCUT2D eigenvalue weighted by Gasteiger charge is 2.30. The van der Waals surface area contributed by atoms with Crippen LogP contribution in [0.3, 0.4) is 0 Å². The maximum Gasteiger partial charge on any atom is 0.174 e. The van der Waals surface area contributed by atoms with Gasteiger partial charge in [0.25, 0.3) is 0 Å². The molecule has 106 valence electrons. The van der Waals surface area contributed by atoms with Crippen LogP contribution in [0.2, 0.25) is 0 Å². The molecule has 2 unspecified atom stereocenters. The molecule has 0 fully saturated rings. The van der Waals surface area contributed by atoms with Crippen molar-refractivity contribution in [3.63, 3.8) is 0 Å². The molecule has 1 N–H and O–H groups in total. The number of benzene rings is 1. The third-order valence-corrected chi connectivity index (χ3v) is 5.82. The molecule has 3 nitrogen and oxygen atoms in total. The average molecular weight is 305 g/mol. The molecule has 0 amide bonds. The van der Waals surface area contributed by atoms with Crippen molar-refractivity contribution in [2.75, 3.05) is 6.54 Å². The highest BCUT2D eigenvalue weighted by molar-refractivity contribution is 8.01. The number of hydrogen-bond acceptors (Lipinski definition) is 5. The zero-order valence-corrected chi connectivity index (χ0v) is 13.2. The summed E-state index contributed by atoms with van der Waals surface area (Å²) in [5.74, 6) is 0. The lowest BCUT2D eigenvalue weighted by atomic mass is 9.87. The van der Waals surface area contributed by atoms with Gasteiger partial charge >= 0.3 is 0 Å². The first kappa shape index (κ1) is 14.0. The van der Waals surface area contributed by atoms with E-state index in [4.69, 9.17) is 0 Å². The van der Waals surface area contributed by atoms with E-state index >= 15 is 0 Å². The van der Waals surface area contributed by atoms with E-state index in [1.54, 1.807) is 11.3 Å². The number of thioether (sulfide) groups is 1. The van der Waals surface area contributed by atoms with Crippen LogP contribution < -0.4 is 5.32 Å². The second-order valence-corrected chi connectivity index (χ2v) is 7.35. The number of aryl methyl sites for hydroxylation is 1. The summed E-state index contributed by atoms with van der Waals surface area (Å²) in [5.41, 5.74) is 4.78. The van der Waals surface area contributed by atoms with Crippen LogP contribution >= 0.6 is 23.1 Å². The minimum absolute atomic E-state index is 0.425. The standard InChI is InChI=1S/C15H19N3S2/c1-2-9-16-14-12-6-4-3-5-11(12)7-8-13(14)20-15-18-17-10-19-15/h3-6,10,13-14,16H,2,7-9H2,1H3. The summed E-state index contributed by atoms with van der Waals surface area (Å²) in [6.45, 7) is 3.28. The van der Waals surface area contributed by atoms with Crippen molar-refractivity contribution in [3.05, 3.63) is 40.9 Å². The lowest BCUT2D eigenvalue weighted by Crippen LogP contribution is -2.34. The smallest absolute Gasteiger partial charge is 0.174 e. The Labute approximate surface area is 128 Å². The number of nitrogens with zero attached hydrogens (tertiary/aromatic N) is 2. The van der Waals surface area contributed by atoms with Gasteiger partial charge in [-0.2, -0.15) is 0 Å². The Hall–Kier alpha value is -0.910. The van der Waals surface area contributed by atoms with E-state index in [9.17, 15) is 0 Å². The summed E-state index contributed by atoms with van der Waals surface area (Å²) in [4.78, 5) is 0. The molecule has 0 aliphatic heterocycles. The molecule has 1 heterocycles. The van der Waals surface area contributed by atoms with Crippen molar-refractivity contribution in [2.24, 2.45) is 0 Å². The molecule has 1 aromatic carbocycles. The van der Waals surface area contributed by atoms with Gasteiger partial charge in [0, 0.05) is 11.3 Å². The summed E-state index contributed by atoms with van der Waals surface area (Å²) in [6, 6.07) is 9.26. The number of aromatic nitrogens is 2. The highest BCUT2D eigenvalue weighted by atomic mass is 32.2. The number of fused-ring (bicyclic) bond motifs is 1. The minimum Gasteiger partial charge on any atom is -0.309 e. The van der Waals surface area contributed by atoms with Gasteiger partial charge in [-0.3, -0.25) is 0 Å². The maximum absolute atomic E-state index is 4.18. The first-order valence-corrected chi connectivity index (χ1v) is 8.88. The van der Waals surface area contributed by atoms with E-state index in [0.29, 0.717) is 11.3 Å². The predicted molar refractivity (Wildman–Crippen MR) is 85.4 cm³/mol. The van der Waals surface area contributed by atoms with Crippen LogP contribution in [-0.2, 0) is 6.42 Å². The lowest BCUT2D eigenvalue weighted by molar-refractivity contribution is 0.472. The van der Waals surface area contributed by atoms with Crippen LogP contribution in [-0.4, -0.2) is 22.0 Å².